The summed E-state index contributed by atoms with van der Waals surface area (Å²) in [5.74, 6) is 1.93. The summed E-state index contributed by atoms with van der Waals surface area (Å²) in [6, 6.07) is 8.32. The summed E-state index contributed by atoms with van der Waals surface area (Å²) in [5, 5.41) is 0. The van der Waals surface area contributed by atoms with Crippen LogP contribution in [-0.4, -0.2) is 35.5 Å². The Labute approximate surface area is 166 Å². The van der Waals surface area contributed by atoms with E-state index in [0.29, 0.717) is 18.2 Å². The Bertz CT molecular complexity index is 873. The minimum absolute atomic E-state index is 0.294. The minimum Gasteiger partial charge on any atom is -0.356 e. The topological polar surface area (TPSA) is 49.3 Å². The highest BCUT2D eigenvalue weighted by molar-refractivity contribution is 5.95. The van der Waals surface area contributed by atoms with E-state index in [1.165, 1.54) is 29.7 Å². The first kappa shape index (κ1) is 17.7. The van der Waals surface area contributed by atoms with Crippen LogP contribution in [0.2, 0.25) is 0 Å². The smallest absolute Gasteiger partial charge is 0.227 e. The van der Waals surface area contributed by atoms with Crippen molar-refractivity contribution in [3.63, 3.8) is 0 Å². The highest BCUT2D eigenvalue weighted by atomic mass is 16.2. The summed E-state index contributed by atoms with van der Waals surface area (Å²) in [6.07, 6.45) is 10.2. The van der Waals surface area contributed by atoms with E-state index in [-0.39, 0.29) is 0 Å². The molecule has 5 nitrogen and oxygen atoms in total. The number of hydrogen-bond donors (Lipinski definition) is 0. The maximum atomic E-state index is 12.9. The Balaban J connectivity index is 1.21. The number of nitrogens with zero attached hydrogens (tertiary/aromatic N) is 4. The molecule has 1 aromatic heterocycles. The van der Waals surface area contributed by atoms with Gasteiger partial charge in [-0.05, 0) is 62.5 Å². The maximum Gasteiger partial charge on any atom is 0.227 e. The summed E-state index contributed by atoms with van der Waals surface area (Å²) in [6.45, 7) is 2.83. The zero-order chi connectivity index (χ0) is 18.9. The van der Waals surface area contributed by atoms with Crippen molar-refractivity contribution >= 4 is 17.4 Å². The lowest BCUT2D eigenvalue weighted by molar-refractivity contribution is -0.119. The van der Waals surface area contributed by atoms with E-state index in [9.17, 15) is 4.79 Å². The molecule has 1 aromatic carbocycles. The van der Waals surface area contributed by atoms with Gasteiger partial charge in [0.25, 0.3) is 0 Å². The van der Waals surface area contributed by atoms with Crippen LogP contribution in [0.3, 0.4) is 0 Å². The Morgan fingerprint density at radius 2 is 1.82 bits per heavy atom. The number of carbonyl (C=O) groups excluding carboxylic acids is 1. The molecular weight excluding hydrogens is 348 g/mol. The van der Waals surface area contributed by atoms with Gasteiger partial charge in [0, 0.05) is 43.0 Å². The molecule has 1 fully saturated rings. The van der Waals surface area contributed by atoms with Crippen LogP contribution in [0.5, 0.6) is 0 Å². The molecule has 28 heavy (non-hydrogen) atoms. The monoisotopic (exact) mass is 376 g/mol. The fourth-order valence-corrected chi connectivity index (χ4v) is 5.08. The number of aromatic nitrogens is 2. The van der Waals surface area contributed by atoms with Crippen molar-refractivity contribution in [3.05, 3.63) is 47.4 Å². The van der Waals surface area contributed by atoms with E-state index in [1.54, 1.807) is 6.33 Å². The van der Waals surface area contributed by atoms with Gasteiger partial charge in [0.05, 0.1) is 0 Å². The highest BCUT2D eigenvalue weighted by Crippen LogP contribution is 2.32. The quantitative estimate of drug-likeness (QED) is 0.822. The van der Waals surface area contributed by atoms with Crippen molar-refractivity contribution in [3.8, 4) is 0 Å². The lowest BCUT2D eigenvalue weighted by atomic mass is 9.91. The van der Waals surface area contributed by atoms with Gasteiger partial charge in [-0.15, -0.1) is 0 Å². The lowest BCUT2D eigenvalue weighted by Gasteiger charge is -2.35. The molecule has 1 aliphatic carbocycles. The molecular formula is C23H28N4O. The third kappa shape index (κ3) is 3.27. The SMILES string of the molecule is O=C(CC1CCN(c2ncnc3c2CCCC3)CC1)N1CCc2ccccc21. The normalized spacial score (nSPS) is 19.4. The van der Waals surface area contributed by atoms with E-state index in [1.807, 2.05) is 11.0 Å². The second-order valence-electron chi connectivity index (χ2n) is 8.39. The molecule has 0 bridgehead atoms. The summed E-state index contributed by atoms with van der Waals surface area (Å²) in [5.41, 5.74) is 5.05. The molecule has 5 rings (SSSR count). The standard InChI is InChI=1S/C23H28N4O/c28-22(27-14-11-18-5-1-4-8-21(18)27)15-17-9-12-26(13-10-17)23-19-6-2-3-7-20(19)24-16-25-23/h1,4-5,8,16-17H,2-3,6-7,9-15H2. The predicted molar refractivity (Wildman–Crippen MR) is 111 cm³/mol. The van der Waals surface area contributed by atoms with Gasteiger partial charge in [-0.25, -0.2) is 9.97 Å². The Kier molecular flexibility index (Phi) is 4.75. The fourth-order valence-electron chi connectivity index (χ4n) is 5.08. The molecule has 2 aliphatic heterocycles. The van der Waals surface area contributed by atoms with Gasteiger partial charge in [-0.3, -0.25) is 4.79 Å². The maximum absolute atomic E-state index is 12.9. The van der Waals surface area contributed by atoms with Crippen molar-refractivity contribution in [1.29, 1.82) is 0 Å². The molecule has 0 saturated carbocycles. The van der Waals surface area contributed by atoms with Crippen LogP contribution in [0.25, 0.3) is 0 Å². The molecule has 0 atom stereocenters. The molecule has 146 valence electrons. The first-order valence-corrected chi connectivity index (χ1v) is 10.8. The zero-order valence-corrected chi connectivity index (χ0v) is 16.4. The Morgan fingerprint density at radius 1 is 1.00 bits per heavy atom. The van der Waals surface area contributed by atoms with Crippen LogP contribution in [-0.2, 0) is 24.1 Å². The van der Waals surface area contributed by atoms with Crippen LogP contribution in [0.4, 0.5) is 11.5 Å². The van der Waals surface area contributed by atoms with E-state index < -0.39 is 0 Å². The predicted octanol–water partition coefficient (Wildman–Crippen LogP) is 3.55. The number of rotatable bonds is 3. The number of piperidine rings is 1. The van der Waals surface area contributed by atoms with Crippen LogP contribution in [0.15, 0.2) is 30.6 Å². The van der Waals surface area contributed by atoms with E-state index in [4.69, 9.17) is 0 Å². The average Bonchev–Trinajstić information content (AvgIpc) is 3.18. The first-order chi connectivity index (χ1) is 13.8. The second-order valence-corrected chi connectivity index (χ2v) is 8.39. The first-order valence-electron chi connectivity index (χ1n) is 10.8. The Morgan fingerprint density at radius 3 is 2.71 bits per heavy atom. The molecule has 2 aromatic rings. The van der Waals surface area contributed by atoms with Gasteiger partial charge in [0.15, 0.2) is 0 Å². The number of para-hydroxylation sites is 1. The highest BCUT2D eigenvalue weighted by Gasteiger charge is 2.29. The fraction of sp³-hybridized carbons (Fsp3) is 0.522. The number of anilines is 2. The third-order valence-corrected chi connectivity index (χ3v) is 6.67. The summed E-state index contributed by atoms with van der Waals surface area (Å²) >= 11 is 0. The van der Waals surface area contributed by atoms with Gasteiger partial charge in [-0.1, -0.05) is 18.2 Å². The van der Waals surface area contributed by atoms with E-state index >= 15 is 0 Å². The van der Waals surface area contributed by atoms with Crippen molar-refractivity contribution in [2.75, 3.05) is 29.4 Å². The molecule has 3 aliphatic rings. The summed E-state index contributed by atoms with van der Waals surface area (Å²) in [7, 11) is 0. The molecule has 1 amide bonds. The average molecular weight is 377 g/mol. The molecule has 5 heteroatoms. The van der Waals surface area contributed by atoms with Gasteiger partial charge < -0.3 is 9.80 Å². The zero-order valence-electron chi connectivity index (χ0n) is 16.4. The van der Waals surface area contributed by atoms with Gasteiger partial charge >= 0.3 is 0 Å². The largest absolute Gasteiger partial charge is 0.356 e. The van der Waals surface area contributed by atoms with Crippen LogP contribution in [0, 0.1) is 5.92 Å². The van der Waals surface area contributed by atoms with Crippen LogP contribution >= 0.6 is 0 Å². The molecule has 1 saturated heterocycles. The van der Waals surface area contributed by atoms with Gasteiger partial charge in [-0.2, -0.15) is 0 Å². The van der Waals surface area contributed by atoms with Crippen LogP contribution < -0.4 is 9.80 Å². The molecule has 0 radical (unpaired) electrons. The number of aryl methyl sites for hydroxylation is 1. The van der Waals surface area contributed by atoms with Crippen molar-refractivity contribution < 1.29 is 4.79 Å². The van der Waals surface area contributed by atoms with Gasteiger partial charge in [0.1, 0.15) is 12.1 Å². The van der Waals surface area contributed by atoms with E-state index in [2.05, 4.69) is 33.1 Å². The number of fused-ring (bicyclic) bond motifs is 2. The Hall–Kier alpha value is -2.43. The molecule has 3 heterocycles. The number of amides is 1. The van der Waals surface area contributed by atoms with Crippen molar-refractivity contribution in [2.24, 2.45) is 5.92 Å². The molecule has 0 unspecified atom stereocenters. The van der Waals surface area contributed by atoms with Crippen molar-refractivity contribution in [1.82, 2.24) is 9.97 Å². The second kappa shape index (κ2) is 7.53. The minimum atomic E-state index is 0.294. The summed E-state index contributed by atoms with van der Waals surface area (Å²) in [4.78, 5) is 26.5. The number of hydrogen-bond acceptors (Lipinski definition) is 4. The molecule has 0 spiro atoms. The van der Waals surface area contributed by atoms with Gasteiger partial charge in [0.2, 0.25) is 5.91 Å². The van der Waals surface area contributed by atoms with Crippen molar-refractivity contribution in [2.45, 2.75) is 51.4 Å². The summed E-state index contributed by atoms with van der Waals surface area (Å²) < 4.78 is 0. The van der Waals surface area contributed by atoms with Crippen LogP contribution in [0.1, 0.15) is 48.9 Å². The van der Waals surface area contributed by atoms with E-state index in [0.717, 1.165) is 63.2 Å². The molecule has 0 N–H and O–H groups in total. The number of carbonyl (C=O) groups is 1. The lowest BCUT2D eigenvalue weighted by Crippen LogP contribution is -2.38. The third-order valence-electron chi connectivity index (χ3n) is 6.67. The number of benzene rings is 1.